The van der Waals surface area contributed by atoms with Gasteiger partial charge in [-0.15, -0.1) is 0 Å². The molecule has 8 nitrogen and oxygen atoms in total. The monoisotopic (exact) mass is 454 g/mol. The summed E-state index contributed by atoms with van der Waals surface area (Å²) in [6, 6.07) is 5.49. The molecule has 0 aliphatic heterocycles. The van der Waals surface area contributed by atoms with Gasteiger partial charge in [0.25, 0.3) is 0 Å². The number of hydrogen-bond acceptors (Lipinski definition) is 5. The lowest BCUT2D eigenvalue weighted by Gasteiger charge is -2.11. The molecule has 0 fully saturated rings. The van der Waals surface area contributed by atoms with Crippen molar-refractivity contribution in [1.29, 1.82) is 0 Å². The standard InChI is InChI=1S/C25H30N2O6/c1-19(28)27-25-20(13-11-15-22(25)33-2)12-9-7-5-3-4-6-8-10-14-21(29)18-23(30)26-17-16-24(31)32/h3-15,21,29H,16-18H2,1-2H3,(H,26,30)(H,27,28)(H,31,32). The number of anilines is 1. The first-order chi connectivity index (χ1) is 15.8. The number of nitrogens with one attached hydrogen (secondary N) is 2. The van der Waals surface area contributed by atoms with Crippen molar-refractivity contribution < 1.29 is 29.3 Å². The normalized spacial score (nSPS) is 12.8. The van der Waals surface area contributed by atoms with Gasteiger partial charge in [-0.25, -0.2) is 0 Å². The zero-order chi connectivity index (χ0) is 24.5. The van der Waals surface area contributed by atoms with E-state index in [1.165, 1.54) is 13.0 Å². The van der Waals surface area contributed by atoms with Gasteiger partial charge >= 0.3 is 5.97 Å². The van der Waals surface area contributed by atoms with E-state index in [9.17, 15) is 19.5 Å². The number of benzene rings is 1. The van der Waals surface area contributed by atoms with Crippen molar-refractivity contribution >= 4 is 29.5 Å². The summed E-state index contributed by atoms with van der Waals surface area (Å²) in [6.07, 6.45) is 16.3. The molecule has 33 heavy (non-hydrogen) atoms. The van der Waals surface area contributed by atoms with Gasteiger partial charge in [0, 0.05) is 19.0 Å². The number of para-hydroxylation sites is 1. The van der Waals surface area contributed by atoms with E-state index in [1.54, 1.807) is 37.5 Å². The highest BCUT2D eigenvalue weighted by Crippen LogP contribution is 2.29. The van der Waals surface area contributed by atoms with Crippen molar-refractivity contribution in [2.75, 3.05) is 19.0 Å². The second kappa shape index (κ2) is 15.8. The number of ether oxygens (including phenoxy) is 1. The first kappa shape index (κ1) is 27.1. The topological polar surface area (TPSA) is 125 Å². The van der Waals surface area contributed by atoms with Crippen LogP contribution in [0.5, 0.6) is 5.75 Å². The van der Waals surface area contributed by atoms with Crippen LogP contribution in [0, 0.1) is 0 Å². The molecule has 0 spiro atoms. The minimum absolute atomic E-state index is 0.0357. The molecule has 0 aromatic heterocycles. The quantitative estimate of drug-likeness (QED) is 0.339. The van der Waals surface area contributed by atoms with E-state index in [0.29, 0.717) is 11.4 Å². The third kappa shape index (κ3) is 12.5. The molecule has 8 heteroatoms. The van der Waals surface area contributed by atoms with Crippen molar-refractivity contribution in [3.8, 4) is 5.75 Å². The van der Waals surface area contributed by atoms with Gasteiger partial charge in [0.15, 0.2) is 0 Å². The summed E-state index contributed by atoms with van der Waals surface area (Å²) in [5.41, 5.74) is 1.43. The number of carboxylic acid groups (broad SMARTS) is 1. The van der Waals surface area contributed by atoms with Crippen LogP contribution >= 0.6 is 0 Å². The van der Waals surface area contributed by atoms with Crippen molar-refractivity contribution in [3.63, 3.8) is 0 Å². The first-order valence-electron chi connectivity index (χ1n) is 10.3. The zero-order valence-electron chi connectivity index (χ0n) is 18.7. The Morgan fingerprint density at radius 3 is 2.27 bits per heavy atom. The van der Waals surface area contributed by atoms with Crippen molar-refractivity contribution in [1.82, 2.24) is 5.32 Å². The number of amides is 2. The lowest BCUT2D eigenvalue weighted by molar-refractivity contribution is -0.137. The van der Waals surface area contributed by atoms with Crippen molar-refractivity contribution in [2.45, 2.75) is 25.9 Å². The number of allylic oxidation sites excluding steroid dienone is 8. The fourth-order valence-corrected chi connectivity index (χ4v) is 2.54. The predicted molar refractivity (Wildman–Crippen MR) is 129 cm³/mol. The maximum atomic E-state index is 11.5. The van der Waals surface area contributed by atoms with Gasteiger partial charge in [0.1, 0.15) is 5.75 Å². The van der Waals surface area contributed by atoms with Crippen LogP contribution in [0.25, 0.3) is 6.08 Å². The minimum Gasteiger partial charge on any atom is -0.495 e. The second-order valence-corrected chi connectivity index (χ2v) is 6.77. The van der Waals surface area contributed by atoms with Gasteiger partial charge in [0.2, 0.25) is 11.8 Å². The average molecular weight is 455 g/mol. The summed E-state index contributed by atoms with van der Waals surface area (Å²) in [6.45, 7) is 1.48. The van der Waals surface area contributed by atoms with Gasteiger partial charge in [-0.3, -0.25) is 14.4 Å². The van der Waals surface area contributed by atoms with E-state index >= 15 is 0 Å². The lowest BCUT2D eigenvalue weighted by Crippen LogP contribution is -2.28. The third-order valence-electron chi connectivity index (χ3n) is 4.02. The Bertz CT molecular complexity index is 944. The van der Waals surface area contributed by atoms with Crippen molar-refractivity contribution in [2.24, 2.45) is 0 Å². The molecule has 0 aliphatic carbocycles. The van der Waals surface area contributed by atoms with Crippen LogP contribution in [0.3, 0.4) is 0 Å². The molecule has 1 atom stereocenters. The Morgan fingerprint density at radius 2 is 1.67 bits per heavy atom. The van der Waals surface area contributed by atoms with Gasteiger partial charge in [-0.2, -0.15) is 0 Å². The maximum Gasteiger partial charge on any atom is 0.305 e. The Labute approximate surface area is 193 Å². The molecule has 1 aromatic carbocycles. The summed E-state index contributed by atoms with van der Waals surface area (Å²) < 4.78 is 5.29. The summed E-state index contributed by atoms with van der Waals surface area (Å²) in [4.78, 5) is 33.3. The Kier molecular flexibility index (Phi) is 13.0. The van der Waals surface area contributed by atoms with E-state index in [0.717, 1.165) is 5.56 Å². The number of carbonyl (C=O) groups excluding carboxylic acids is 2. The predicted octanol–water partition coefficient (Wildman–Crippen LogP) is 3.23. The average Bonchev–Trinajstić information content (AvgIpc) is 2.75. The first-order valence-corrected chi connectivity index (χ1v) is 10.3. The fraction of sp³-hybridized carbons (Fsp3) is 0.240. The van der Waals surface area contributed by atoms with Gasteiger partial charge in [0.05, 0.1) is 31.7 Å². The van der Waals surface area contributed by atoms with E-state index in [1.807, 2.05) is 42.5 Å². The smallest absolute Gasteiger partial charge is 0.305 e. The van der Waals surface area contributed by atoms with Crippen LogP contribution in [0.1, 0.15) is 25.3 Å². The number of aliphatic carboxylic acids is 1. The Balaban J connectivity index is 2.46. The number of aliphatic hydroxyl groups excluding tert-OH is 1. The lowest BCUT2D eigenvalue weighted by atomic mass is 10.1. The van der Waals surface area contributed by atoms with E-state index in [-0.39, 0.29) is 25.3 Å². The van der Waals surface area contributed by atoms with Crippen LogP contribution in [0.4, 0.5) is 5.69 Å². The van der Waals surface area contributed by atoms with Crippen LogP contribution in [-0.4, -0.2) is 47.8 Å². The van der Waals surface area contributed by atoms with Crippen LogP contribution in [-0.2, 0) is 14.4 Å². The Hall–Kier alpha value is -3.91. The number of carbonyl (C=O) groups is 3. The summed E-state index contributed by atoms with van der Waals surface area (Å²) in [7, 11) is 1.55. The van der Waals surface area contributed by atoms with Crippen LogP contribution in [0.15, 0.2) is 72.9 Å². The number of hydrogen-bond donors (Lipinski definition) is 4. The number of aliphatic hydroxyl groups is 1. The van der Waals surface area contributed by atoms with E-state index in [2.05, 4.69) is 10.6 Å². The van der Waals surface area contributed by atoms with Gasteiger partial charge in [-0.1, -0.05) is 72.9 Å². The maximum absolute atomic E-state index is 11.5. The molecule has 0 saturated heterocycles. The van der Waals surface area contributed by atoms with Gasteiger partial charge in [-0.05, 0) is 6.07 Å². The molecule has 0 heterocycles. The second-order valence-electron chi connectivity index (χ2n) is 6.77. The number of methoxy groups -OCH3 is 1. The summed E-state index contributed by atoms with van der Waals surface area (Å²) >= 11 is 0. The van der Waals surface area contributed by atoms with Gasteiger partial charge < -0.3 is 25.6 Å². The molecule has 0 bridgehead atoms. The van der Waals surface area contributed by atoms with E-state index in [4.69, 9.17) is 9.84 Å². The largest absolute Gasteiger partial charge is 0.495 e. The van der Waals surface area contributed by atoms with Crippen molar-refractivity contribution in [3.05, 3.63) is 78.4 Å². The molecule has 1 aromatic rings. The molecule has 4 N–H and O–H groups in total. The molecule has 0 radical (unpaired) electrons. The van der Waals surface area contributed by atoms with Crippen LogP contribution < -0.4 is 15.4 Å². The van der Waals surface area contributed by atoms with E-state index < -0.39 is 18.0 Å². The molecule has 1 unspecified atom stereocenters. The molecule has 176 valence electrons. The minimum atomic E-state index is -0.993. The number of rotatable bonds is 13. The zero-order valence-corrected chi connectivity index (χ0v) is 18.7. The summed E-state index contributed by atoms with van der Waals surface area (Å²) in [5.74, 6) is -1.00. The summed E-state index contributed by atoms with van der Waals surface area (Å²) in [5, 5.41) is 23.5. The SMILES string of the molecule is COc1cccc(C=CC=CC=CC=CC=CC(O)CC(=O)NCCC(=O)O)c1NC(C)=O. The molecular formula is C25H30N2O6. The highest BCUT2D eigenvalue weighted by Gasteiger charge is 2.08. The highest BCUT2D eigenvalue weighted by atomic mass is 16.5. The molecular weight excluding hydrogens is 424 g/mol. The fourth-order valence-electron chi connectivity index (χ4n) is 2.54. The number of carboxylic acids is 1. The third-order valence-corrected chi connectivity index (χ3v) is 4.02. The molecule has 2 amide bonds. The highest BCUT2D eigenvalue weighted by molar-refractivity contribution is 5.93. The molecule has 0 saturated carbocycles. The Morgan fingerprint density at radius 1 is 1.03 bits per heavy atom. The van der Waals surface area contributed by atoms with Crippen LogP contribution in [0.2, 0.25) is 0 Å². The molecule has 1 rings (SSSR count). The molecule has 0 aliphatic rings.